The minimum absolute atomic E-state index is 0.165. The summed E-state index contributed by atoms with van der Waals surface area (Å²) < 4.78 is 21.2. The summed E-state index contributed by atoms with van der Waals surface area (Å²) in [5.41, 5.74) is 8.48. The zero-order chi connectivity index (χ0) is 15.8. The number of hydrogen-bond donors (Lipinski definition) is 1. The van der Waals surface area contributed by atoms with Crippen LogP contribution in [0.4, 0.5) is 5.69 Å². The third kappa shape index (κ3) is 4.46. The molecule has 0 heterocycles. The quantitative estimate of drug-likeness (QED) is 0.600. The maximum absolute atomic E-state index is 5.97. The predicted molar refractivity (Wildman–Crippen MR) is 84.6 cm³/mol. The van der Waals surface area contributed by atoms with E-state index in [1.54, 1.807) is 20.3 Å². The average molecular weight is 303 g/mol. The largest absolute Gasteiger partial charge is 0.467 e. The number of ether oxygens (including phenoxy) is 4. The first-order valence-corrected chi connectivity index (χ1v) is 6.92. The molecule has 5 heteroatoms. The fourth-order valence-electron chi connectivity index (χ4n) is 2.16. The Kier molecular flexibility index (Phi) is 6.21. The van der Waals surface area contributed by atoms with Gasteiger partial charge in [0.2, 0.25) is 0 Å². The Balaban J connectivity index is 2.32. The second-order valence-corrected chi connectivity index (χ2v) is 4.75. The minimum atomic E-state index is -0.283. The summed E-state index contributed by atoms with van der Waals surface area (Å²) in [5.74, 6) is 0.638. The summed E-state index contributed by atoms with van der Waals surface area (Å²) in [6.07, 6.45) is -0.283. The molecule has 22 heavy (non-hydrogen) atoms. The van der Waals surface area contributed by atoms with E-state index in [4.69, 9.17) is 24.7 Å². The summed E-state index contributed by atoms with van der Waals surface area (Å²) in [4.78, 5) is 0. The number of benzene rings is 2. The van der Waals surface area contributed by atoms with E-state index in [2.05, 4.69) is 0 Å². The average Bonchev–Trinajstić information content (AvgIpc) is 2.54. The van der Waals surface area contributed by atoms with E-state index in [0.717, 1.165) is 11.1 Å². The van der Waals surface area contributed by atoms with Crippen LogP contribution in [0.25, 0.3) is 0 Å². The van der Waals surface area contributed by atoms with Crippen molar-refractivity contribution < 1.29 is 18.9 Å². The molecule has 0 aromatic heterocycles. The van der Waals surface area contributed by atoms with Gasteiger partial charge in [-0.15, -0.1) is 0 Å². The summed E-state index contributed by atoms with van der Waals surface area (Å²) in [5, 5.41) is 0. The molecule has 2 N–H and O–H groups in total. The second kappa shape index (κ2) is 8.38. The van der Waals surface area contributed by atoms with Crippen LogP contribution in [0.2, 0.25) is 0 Å². The highest BCUT2D eigenvalue weighted by molar-refractivity contribution is 5.49. The Morgan fingerprint density at radius 3 is 2.32 bits per heavy atom. The molecule has 0 saturated heterocycles. The Labute approximate surface area is 130 Å². The van der Waals surface area contributed by atoms with Crippen LogP contribution in [0, 0.1) is 0 Å². The number of nitrogens with two attached hydrogens (primary N) is 1. The molecule has 0 fully saturated rings. The zero-order valence-electron chi connectivity index (χ0n) is 12.8. The molecule has 0 radical (unpaired) electrons. The molecule has 0 saturated carbocycles. The minimum Gasteiger partial charge on any atom is -0.467 e. The van der Waals surface area contributed by atoms with E-state index < -0.39 is 0 Å². The first-order valence-electron chi connectivity index (χ1n) is 6.92. The van der Waals surface area contributed by atoms with Gasteiger partial charge in [-0.05, 0) is 23.3 Å². The van der Waals surface area contributed by atoms with Crippen molar-refractivity contribution in [2.24, 2.45) is 0 Å². The van der Waals surface area contributed by atoms with Crippen molar-refractivity contribution in [3.05, 3.63) is 59.7 Å². The second-order valence-electron chi connectivity index (χ2n) is 4.75. The summed E-state index contributed by atoms with van der Waals surface area (Å²) in [6.45, 7) is 0.348. The number of nitrogen functional groups attached to an aromatic ring is 1. The first kappa shape index (κ1) is 16.3. The van der Waals surface area contributed by atoms with Crippen LogP contribution in [0.3, 0.4) is 0 Å². The Morgan fingerprint density at radius 1 is 0.909 bits per heavy atom. The molecule has 0 spiro atoms. The van der Waals surface area contributed by atoms with Gasteiger partial charge in [0, 0.05) is 26.0 Å². The van der Waals surface area contributed by atoms with Gasteiger partial charge in [-0.1, -0.05) is 30.3 Å². The van der Waals surface area contributed by atoms with Gasteiger partial charge in [0.05, 0.1) is 0 Å². The smallest absolute Gasteiger partial charge is 0.188 e. The Hall–Kier alpha value is -2.08. The summed E-state index contributed by atoms with van der Waals surface area (Å²) in [6, 6.07) is 15.4. The lowest BCUT2D eigenvalue weighted by molar-refractivity contribution is -0.0592. The van der Waals surface area contributed by atoms with Gasteiger partial charge in [0.15, 0.2) is 6.79 Å². The highest BCUT2D eigenvalue weighted by Crippen LogP contribution is 2.30. The van der Waals surface area contributed by atoms with Crippen LogP contribution in [0.5, 0.6) is 5.75 Å². The molecular formula is C17H21NO4. The first-order chi connectivity index (χ1) is 10.7. The van der Waals surface area contributed by atoms with E-state index in [1.165, 1.54) is 0 Å². The standard InChI is InChI=1S/C17H21NO4/c1-19-11-21-16-9-14(8-15(18)10-16)17(22-12-20-2)13-6-4-3-5-7-13/h3-10,17H,11-12,18H2,1-2H3. The number of rotatable bonds is 8. The van der Waals surface area contributed by atoms with Crippen molar-refractivity contribution >= 4 is 5.69 Å². The van der Waals surface area contributed by atoms with Crippen LogP contribution >= 0.6 is 0 Å². The van der Waals surface area contributed by atoms with Crippen molar-refractivity contribution in [1.29, 1.82) is 0 Å². The molecule has 2 aromatic rings. The topological polar surface area (TPSA) is 62.9 Å². The van der Waals surface area contributed by atoms with E-state index in [-0.39, 0.29) is 19.7 Å². The highest BCUT2D eigenvalue weighted by atomic mass is 16.7. The molecule has 0 aliphatic heterocycles. The van der Waals surface area contributed by atoms with Crippen LogP contribution < -0.4 is 10.5 Å². The van der Waals surface area contributed by atoms with Crippen molar-refractivity contribution in [1.82, 2.24) is 0 Å². The van der Waals surface area contributed by atoms with Gasteiger partial charge >= 0.3 is 0 Å². The number of anilines is 1. The van der Waals surface area contributed by atoms with Gasteiger partial charge < -0.3 is 24.7 Å². The van der Waals surface area contributed by atoms with E-state index in [0.29, 0.717) is 11.4 Å². The molecular weight excluding hydrogens is 282 g/mol. The van der Waals surface area contributed by atoms with Gasteiger partial charge in [-0.3, -0.25) is 0 Å². The monoisotopic (exact) mass is 303 g/mol. The van der Waals surface area contributed by atoms with Crippen molar-refractivity contribution in [2.75, 3.05) is 33.5 Å². The normalized spacial score (nSPS) is 12.1. The zero-order valence-corrected chi connectivity index (χ0v) is 12.8. The predicted octanol–water partition coefficient (Wildman–Crippen LogP) is 2.96. The van der Waals surface area contributed by atoms with E-state index in [9.17, 15) is 0 Å². The molecule has 0 aliphatic rings. The highest BCUT2D eigenvalue weighted by Gasteiger charge is 2.16. The van der Waals surface area contributed by atoms with Crippen LogP contribution in [-0.2, 0) is 14.2 Å². The van der Waals surface area contributed by atoms with Crippen molar-refractivity contribution in [2.45, 2.75) is 6.10 Å². The van der Waals surface area contributed by atoms with Gasteiger partial charge in [0.25, 0.3) is 0 Å². The molecule has 0 amide bonds. The van der Waals surface area contributed by atoms with Gasteiger partial charge in [-0.25, -0.2) is 0 Å². The van der Waals surface area contributed by atoms with Crippen LogP contribution in [0.1, 0.15) is 17.2 Å². The lowest BCUT2D eigenvalue weighted by Gasteiger charge is -2.20. The fourth-order valence-corrected chi connectivity index (χ4v) is 2.16. The number of hydrogen-bond acceptors (Lipinski definition) is 5. The van der Waals surface area contributed by atoms with Gasteiger partial charge in [0.1, 0.15) is 18.6 Å². The lowest BCUT2D eigenvalue weighted by atomic mass is 10.0. The van der Waals surface area contributed by atoms with Crippen molar-refractivity contribution in [3.8, 4) is 5.75 Å². The van der Waals surface area contributed by atoms with E-state index >= 15 is 0 Å². The maximum Gasteiger partial charge on any atom is 0.188 e. The molecule has 118 valence electrons. The Bertz CT molecular complexity index is 574. The third-order valence-corrected chi connectivity index (χ3v) is 3.05. The maximum atomic E-state index is 5.97. The third-order valence-electron chi connectivity index (χ3n) is 3.05. The Morgan fingerprint density at radius 2 is 1.64 bits per heavy atom. The van der Waals surface area contributed by atoms with E-state index in [1.807, 2.05) is 42.5 Å². The molecule has 1 atom stereocenters. The van der Waals surface area contributed by atoms with Crippen molar-refractivity contribution in [3.63, 3.8) is 0 Å². The fraction of sp³-hybridized carbons (Fsp3) is 0.294. The van der Waals surface area contributed by atoms with Crippen LogP contribution in [-0.4, -0.2) is 27.8 Å². The molecule has 2 aromatic carbocycles. The lowest BCUT2D eigenvalue weighted by Crippen LogP contribution is -2.09. The van der Waals surface area contributed by atoms with Crippen LogP contribution in [0.15, 0.2) is 48.5 Å². The SMILES string of the molecule is COCOc1cc(N)cc(C(OCOC)c2ccccc2)c1. The number of methoxy groups -OCH3 is 2. The molecule has 1 unspecified atom stereocenters. The molecule has 0 aliphatic carbocycles. The molecule has 5 nitrogen and oxygen atoms in total. The molecule has 0 bridgehead atoms. The van der Waals surface area contributed by atoms with Gasteiger partial charge in [-0.2, -0.15) is 0 Å². The molecule has 2 rings (SSSR count). The summed E-state index contributed by atoms with van der Waals surface area (Å²) in [7, 11) is 3.16. The summed E-state index contributed by atoms with van der Waals surface area (Å²) >= 11 is 0.